The minimum Gasteiger partial charge on any atom is -0.493 e. The molecule has 0 aromatic heterocycles. The molecule has 0 radical (unpaired) electrons. The molecule has 8 heteroatoms. The quantitative estimate of drug-likeness (QED) is 0.475. The lowest BCUT2D eigenvalue weighted by molar-refractivity contribution is -0.119. The predicted octanol–water partition coefficient (Wildman–Crippen LogP) is 4.61. The molecule has 0 aliphatic heterocycles. The zero-order chi connectivity index (χ0) is 23.8. The second-order valence-electron chi connectivity index (χ2n) is 6.95. The summed E-state index contributed by atoms with van der Waals surface area (Å²) in [5.74, 6) is 0.816. The van der Waals surface area contributed by atoms with Gasteiger partial charge in [-0.05, 0) is 43.3 Å². The van der Waals surface area contributed by atoms with Crippen LogP contribution in [0.25, 0.3) is 0 Å². The zero-order valence-electron chi connectivity index (χ0n) is 18.8. The number of ether oxygens (including phenoxy) is 5. The summed E-state index contributed by atoms with van der Waals surface area (Å²) < 4.78 is 26.7. The molecule has 0 bridgehead atoms. The minimum atomic E-state index is -0.714. The van der Waals surface area contributed by atoms with Crippen LogP contribution in [0.5, 0.6) is 28.7 Å². The fraction of sp³-hybridized carbons (Fsp3) is 0.200. The Bertz CT molecular complexity index is 1100. The van der Waals surface area contributed by atoms with Crippen LogP contribution in [0.2, 0.25) is 0 Å². The zero-order valence-corrected chi connectivity index (χ0v) is 18.8. The maximum absolute atomic E-state index is 12.5. The van der Waals surface area contributed by atoms with Crippen LogP contribution in [0.15, 0.2) is 60.7 Å². The Morgan fingerprint density at radius 2 is 1.45 bits per heavy atom. The first-order valence-electron chi connectivity index (χ1n) is 10.1. The maximum atomic E-state index is 12.5. The number of hydrogen-bond donors (Lipinski definition) is 1. The van der Waals surface area contributed by atoms with E-state index in [4.69, 9.17) is 23.7 Å². The number of carbonyl (C=O) groups is 2. The minimum absolute atomic E-state index is 0.153. The van der Waals surface area contributed by atoms with Gasteiger partial charge in [-0.2, -0.15) is 0 Å². The lowest BCUT2D eigenvalue weighted by atomic mass is 10.2. The number of rotatable bonds is 9. The Balaban J connectivity index is 1.65. The summed E-state index contributed by atoms with van der Waals surface area (Å²) in [4.78, 5) is 24.9. The smallest absolute Gasteiger partial charge is 0.338 e. The molecular formula is C25H25NO7. The summed E-state index contributed by atoms with van der Waals surface area (Å²) >= 11 is 0. The highest BCUT2D eigenvalue weighted by Gasteiger charge is 2.19. The molecule has 0 atom stereocenters. The van der Waals surface area contributed by atoms with Crippen LogP contribution in [0, 0.1) is 6.92 Å². The highest BCUT2D eigenvalue weighted by atomic mass is 16.5. The van der Waals surface area contributed by atoms with Gasteiger partial charge < -0.3 is 29.0 Å². The molecule has 0 fully saturated rings. The number of nitrogens with one attached hydrogen (secondary N) is 1. The first kappa shape index (κ1) is 23.5. The number of anilines is 1. The average molecular weight is 451 g/mol. The molecule has 0 saturated carbocycles. The Morgan fingerprint density at radius 1 is 0.818 bits per heavy atom. The van der Waals surface area contributed by atoms with E-state index in [0.717, 1.165) is 5.56 Å². The first-order chi connectivity index (χ1) is 15.9. The summed E-state index contributed by atoms with van der Waals surface area (Å²) in [6.07, 6.45) is 0. The van der Waals surface area contributed by atoms with Crippen LogP contribution in [-0.4, -0.2) is 39.8 Å². The monoisotopic (exact) mass is 451 g/mol. The number of hydrogen-bond acceptors (Lipinski definition) is 7. The lowest BCUT2D eigenvalue weighted by Crippen LogP contribution is -2.21. The summed E-state index contributed by atoms with van der Waals surface area (Å²) in [5, 5.41) is 2.70. The summed E-state index contributed by atoms with van der Waals surface area (Å²) in [5.41, 5.74) is 1.71. The van der Waals surface area contributed by atoms with E-state index in [1.54, 1.807) is 24.3 Å². The number of methoxy groups -OCH3 is 3. The molecule has 0 saturated heterocycles. The van der Waals surface area contributed by atoms with Crippen molar-refractivity contribution in [2.75, 3.05) is 33.3 Å². The number of esters is 1. The van der Waals surface area contributed by atoms with Gasteiger partial charge in [-0.25, -0.2) is 4.79 Å². The van der Waals surface area contributed by atoms with Crippen molar-refractivity contribution in [1.29, 1.82) is 0 Å². The van der Waals surface area contributed by atoms with Gasteiger partial charge in [0.1, 0.15) is 5.75 Å². The topological polar surface area (TPSA) is 92.3 Å². The largest absolute Gasteiger partial charge is 0.493 e. The Hall–Kier alpha value is -4.20. The Morgan fingerprint density at radius 3 is 2.06 bits per heavy atom. The van der Waals surface area contributed by atoms with Gasteiger partial charge in [0, 0.05) is 0 Å². The van der Waals surface area contributed by atoms with Crippen LogP contribution in [0.3, 0.4) is 0 Å². The van der Waals surface area contributed by atoms with E-state index < -0.39 is 18.5 Å². The summed E-state index contributed by atoms with van der Waals surface area (Å²) in [6, 6.07) is 17.4. The van der Waals surface area contributed by atoms with Gasteiger partial charge in [0.2, 0.25) is 5.75 Å². The highest BCUT2D eigenvalue weighted by Crippen LogP contribution is 2.38. The van der Waals surface area contributed by atoms with Gasteiger partial charge in [0.05, 0.1) is 32.6 Å². The van der Waals surface area contributed by atoms with E-state index in [0.29, 0.717) is 34.4 Å². The van der Waals surface area contributed by atoms with Crippen LogP contribution < -0.4 is 24.3 Å². The average Bonchev–Trinajstić information content (AvgIpc) is 2.84. The van der Waals surface area contributed by atoms with E-state index in [1.807, 2.05) is 31.2 Å². The maximum Gasteiger partial charge on any atom is 0.338 e. The Kier molecular flexibility index (Phi) is 7.75. The van der Waals surface area contributed by atoms with Crippen LogP contribution in [-0.2, 0) is 9.53 Å². The molecular weight excluding hydrogens is 426 g/mol. The van der Waals surface area contributed by atoms with Crippen molar-refractivity contribution < 1.29 is 33.3 Å². The molecule has 0 aliphatic carbocycles. The standard InChI is InChI=1S/C25H25NO7/c1-16-9-11-18(12-10-16)33-20-8-6-5-7-19(20)26-23(27)15-32-25(28)17-13-21(29-2)24(31-4)22(14-17)30-3/h5-14H,15H2,1-4H3,(H,26,27). The van der Waals surface area contributed by atoms with Crippen molar-refractivity contribution in [1.82, 2.24) is 0 Å². The fourth-order valence-electron chi connectivity index (χ4n) is 2.99. The van der Waals surface area contributed by atoms with Gasteiger partial charge in [-0.1, -0.05) is 29.8 Å². The molecule has 1 N–H and O–H groups in total. The molecule has 0 unspecified atom stereocenters. The third-order valence-electron chi connectivity index (χ3n) is 4.64. The van der Waals surface area contributed by atoms with Crippen LogP contribution >= 0.6 is 0 Å². The summed E-state index contributed by atoms with van der Waals surface area (Å²) in [7, 11) is 4.34. The third-order valence-corrected chi connectivity index (χ3v) is 4.64. The van der Waals surface area contributed by atoms with E-state index in [9.17, 15) is 9.59 Å². The Labute approximate surface area is 192 Å². The van der Waals surface area contributed by atoms with Gasteiger partial charge in [-0.3, -0.25) is 4.79 Å². The summed E-state index contributed by atoms with van der Waals surface area (Å²) in [6.45, 7) is 1.49. The van der Waals surface area contributed by atoms with Crippen LogP contribution in [0.4, 0.5) is 5.69 Å². The first-order valence-corrected chi connectivity index (χ1v) is 10.1. The number of carbonyl (C=O) groups excluding carboxylic acids is 2. The fourth-order valence-corrected chi connectivity index (χ4v) is 2.99. The molecule has 0 aliphatic rings. The molecule has 3 aromatic rings. The van der Waals surface area contributed by atoms with Crippen molar-refractivity contribution in [3.05, 3.63) is 71.8 Å². The highest BCUT2D eigenvalue weighted by molar-refractivity contribution is 5.97. The lowest BCUT2D eigenvalue weighted by Gasteiger charge is -2.14. The molecule has 3 rings (SSSR count). The van der Waals surface area contributed by atoms with Crippen molar-refractivity contribution >= 4 is 17.6 Å². The van der Waals surface area contributed by atoms with Crippen molar-refractivity contribution in [3.63, 3.8) is 0 Å². The van der Waals surface area contributed by atoms with Crippen LogP contribution in [0.1, 0.15) is 15.9 Å². The molecule has 8 nitrogen and oxygen atoms in total. The van der Waals surface area contributed by atoms with E-state index in [2.05, 4.69) is 5.32 Å². The number of aryl methyl sites for hydroxylation is 1. The molecule has 0 heterocycles. The molecule has 172 valence electrons. The second-order valence-corrected chi connectivity index (χ2v) is 6.95. The van der Waals surface area contributed by atoms with Gasteiger partial charge in [0.25, 0.3) is 5.91 Å². The van der Waals surface area contributed by atoms with Gasteiger partial charge in [0.15, 0.2) is 23.9 Å². The second kappa shape index (κ2) is 10.9. The van der Waals surface area contributed by atoms with E-state index in [1.165, 1.54) is 33.5 Å². The van der Waals surface area contributed by atoms with E-state index >= 15 is 0 Å². The SMILES string of the molecule is COc1cc(C(=O)OCC(=O)Nc2ccccc2Oc2ccc(C)cc2)cc(OC)c1OC. The molecule has 33 heavy (non-hydrogen) atoms. The van der Waals surface area contributed by atoms with E-state index in [-0.39, 0.29) is 5.56 Å². The van der Waals surface area contributed by atoms with Crippen molar-refractivity contribution in [2.45, 2.75) is 6.92 Å². The number of benzene rings is 3. The third kappa shape index (κ3) is 5.94. The molecule has 1 amide bonds. The normalized spacial score (nSPS) is 10.2. The van der Waals surface area contributed by atoms with Gasteiger partial charge in [-0.15, -0.1) is 0 Å². The number of para-hydroxylation sites is 2. The molecule has 3 aromatic carbocycles. The predicted molar refractivity (Wildman–Crippen MR) is 123 cm³/mol. The van der Waals surface area contributed by atoms with Crippen molar-refractivity contribution in [2.24, 2.45) is 0 Å². The number of amides is 1. The van der Waals surface area contributed by atoms with Crippen molar-refractivity contribution in [3.8, 4) is 28.7 Å². The molecule has 0 spiro atoms. The van der Waals surface area contributed by atoms with Gasteiger partial charge >= 0.3 is 5.97 Å².